The van der Waals surface area contributed by atoms with E-state index >= 15 is 0 Å². The lowest BCUT2D eigenvalue weighted by molar-refractivity contribution is -0.141. The quantitative estimate of drug-likeness (QED) is 0.607. The lowest BCUT2D eigenvalue weighted by atomic mass is 9.70. The summed E-state index contributed by atoms with van der Waals surface area (Å²) in [6.07, 6.45) is 1.34. The van der Waals surface area contributed by atoms with E-state index in [0.29, 0.717) is 30.5 Å². The molecule has 1 aliphatic rings. The second kappa shape index (κ2) is 10.2. The Morgan fingerprint density at radius 1 is 1.22 bits per heavy atom. The third-order valence-electron chi connectivity index (χ3n) is 6.71. The Hall–Kier alpha value is -2.08. The van der Waals surface area contributed by atoms with Crippen LogP contribution in [0.4, 0.5) is 0 Å². The predicted molar refractivity (Wildman–Crippen MR) is 128 cm³/mol. The lowest BCUT2D eigenvalue weighted by Gasteiger charge is -2.45. The molecule has 32 heavy (non-hydrogen) atoms. The summed E-state index contributed by atoms with van der Waals surface area (Å²) in [7, 11) is 0. The summed E-state index contributed by atoms with van der Waals surface area (Å²) in [5.74, 6) is -0.445. The van der Waals surface area contributed by atoms with Gasteiger partial charge in [0.05, 0.1) is 0 Å². The highest BCUT2D eigenvalue weighted by Gasteiger charge is 2.40. The molecule has 3 N–H and O–H groups in total. The van der Waals surface area contributed by atoms with E-state index in [9.17, 15) is 14.4 Å². The second-order valence-corrected chi connectivity index (χ2v) is 11.1. The summed E-state index contributed by atoms with van der Waals surface area (Å²) in [6.45, 7) is 12.9. The SMILES string of the molecule is CC(C)[C@@H](NC(=O)CCC(C)(C)C(N)=O)C(=O)N1CCC(c2ccc(Cl)cc2)C(C)(C)C1. The first-order valence-corrected chi connectivity index (χ1v) is 11.8. The van der Waals surface area contributed by atoms with Crippen LogP contribution in [-0.4, -0.2) is 41.8 Å². The number of hydrogen-bond acceptors (Lipinski definition) is 3. The monoisotopic (exact) mass is 463 g/mol. The summed E-state index contributed by atoms with van der Waals surface area (Å²) in [5, 5.41) is 3.62. The minimum Gasteiger partial charge on any atom is -0.369 e. The number of benzene rings is 1. The van der Waals surface area contributed by atoms with Crippen LogP contribution in [0.2, 0.25) is 5.02 Å². The topological polar surface area (TPSA) is 92.5 Å². The van der Waals surface area contributed by atoms with E-state index in [4.69, 9.17) is 17.3 Å². The van der Waals surface area contributed by atoms with Gasteiger partial charge in [-0.05, 0) is 47.8 Å². The zero-order valence-electron chi connectivity index (χ0n) is 20.2. The minimum atomic E-state index is -0.762. The van der Waals surface area contributed by atoms with Gasteiger partial charge in [-0.15, -0.1) is 0 Å². The molecule has 0 radical (unpaired) electrons. The molecular weight excluding hydrogens is 426 g/mol. The van der Waals surface area contributed by atoms with Crippen molar-refractivity contribution in [3.05, 3.63) is 34.9 Å². The van der Waals surface area contributed by atoms with E-state index in [2.05, 4.69) is 31.3 Å². The summed E-state index contributed by atoms with van der Waals surface area (Å²) in [5.41, 5.74) is 5.76. The zero-order chi connectivity index (χ0) is 24.3. The summed E-state index contributed by atoms with van der Waals surface area (Å²) >= 11 is 6.04. The Labute approximate surface area is 197 Å². The van der Waals surface area contributed by atoms with Crippen LogP contribution >= 0.6 is 11.6 Å². The number of halogens is 1. The maximum atomic E-state index is 13.4. The number of nitrogens with one attached hydrogen (secondary N) is 1. The number of nitrogens with two attached hydrogens (primary N) is 1. The Morgan fingerprint density at radius 3 is 2.31 bits per heavy atom. The molecule has 2 rings (SSSR count). The van der Waals surface area contributed by atoms with Crippen LogP contribution < -0.4 is 11.1 Å². The van der Waals surface area contributed by atoms with Gasteiger partial charge in [-0.2, -0.15) is 0 Å². The molecule has 0 saturated carbocycles. The molecule has 3 amide bonds. The maximum Gasteiger partial charge on any atom is 0.245 e. The molecule has 1 aliphatic heterocycles. The van der Waals surface area contributed by atoms with E-state index in [-0.39, 0.29) is 29.6 Å². The fourth-order valence-corrected chi connectivity index (χ4v) is 4.49. The van der Waals surface area contributed by atoms with Crippen molar-refractivity contribution in [2.24, 2.45) is 22.5 Å². The molecule has 0 aromatic heterocycles. The van der Waals surface area contributed by atoms with Crippen LogP contribution in [0.15, 0.2) is 24.3 Å². The van der Waals surface area contributed by atoms with Crippen molar-refractivity contribution >= 4 is 29.3 Å². The summed E-state index contributed by atoms with van der Waals surface area (Å²) < 4.78 is 0. The molecular formula is C25H38ClN3O3. The van der Waals surface area contributed by atoms with Crippen molar-refractivity contribution in [2.75, 3.05) is 13.1 Å². The molecule has 2 atom stereocenters. The highest BCUT2D eigenvalue weighted by Crippen LogP contribution is 2.42. The standard InChI is InChI=1S/C25H38ClN3O3/c1-16(2)21(28-20(30)11-13-24(3,4)23(27)32)22(31)29-14-12-19(25(5,6)15-29)17-7-9-18(26)10-8-17/h7-10,16,19,21H,11-15H2,1-6H3,(H2,27,32)(H,28,30)/t19?,21-/m1/s1. The fourth-order valence-electron chi connectivity index (χ4n) is 4.36. The summed E-state index contributed by atoms with van der Waals surface area (Å²) in [6, 6.07) is 7.36. The van der Waals surface area contributed by atoms with Gasteiger partial charge in [-0.25, -0.2) is 0 Å². The lowest BCUT2D eigenvalue weighted by Crippen LogP contribution is -2.56. The first kappa shape index (κ1) is 26.2. The molecule has 1 unspecified atom stereocenters. The predicted octanol–water partition coefficient (Wildman–Crippen LogP) is 4.11. The molecule has 1 fully saturated rings. The molecule has 0 aliphatic carbocycles. The third-order valence-corrected chi connectivity index (χ3v) is 6.96. The first-order valence-electron chi connectivity index (χ1n) is 11.4. The number of nitrogens with zero attached hydrogens (tertiary/aromatic N) is 1. The third kappa shape index (κ3) is 6.47. The van der Waals surface area contributed by atoms with E-state index in [1.807, 2.05) is 30.9 Å². The van der Waals surface area contributed by atoms with Gasteiger partial charge in [-0.1, -0.05) is 65.3 Å². The number of carbonyl (C=O) groups excluding carboxylic acids is 3. The van der Waals surface area contributed by atoms with Gasteiger partial charge in [0, 0.05) is 29.9 Å². The van der Waals surface area contributed by atoms with Crippen molar-refractivity contribution in [2.45, 2.75) is 72.8 Å². The molecule has 1 saturated heterocycles. The molecule has 6 nitrogen and oxygen atoms in total. The van der Waals surface area contributed by atoms with Crippen molar-refractivity contribution in [3.8, 4) is 0 Å². The average Bonchev–Trinajstić information content (AvgIpc) is 2.70. The largest absolute Gasteiger partial charge is 0.369 e. The number of rotatable bonds is 8. The minimum absolute atomic E-state index is 0.0484. The Kier molecular flexibility index (Phi) is 8.38. The van der Waals surface area contributed by atoms with Crippen LogP contribution in [0, 0.1) is 16.7 Å². The van der Waals surface area contributed by atoms with Gasteiger partial charge in [0.25, 0.3) is 0 Å². The van der Waals surface area contributed by atoms with Crippen LogP contribution in [-0.2, 0) is 14.4 Å². The molecule has 7 heteroatoms. The van der Waals surface area contributed by atoms with Crippen molar-refractivity contribution in [3.63, 3.8) is 0 Å². The Morgan fingerprint density at radius 2 is 1.81 bits per heavy atom. The van der Waals surface area contributed by atoms with Gasteiger partial charge in [0.1, 0.15) is 6.04 Å². The summed E-state index contributed by atoms with van der Waals surface area (Å²) in [4.78, 5) is 39.3. The van der Waals surface area contributed by atoms with Crippen LogP contribution in [0.3, 0.4) is 0 Å². The Balaban J connectivity index is 2.05. The van der Waals surface area contributed by atoms with E-state index < -0.39 is 17.4 Å². The number of carbonyl (C=O) groups is 3. The van der Waals surface area contributed by atoms with Gasteiger partial charge in [0.15, 0.2) is 0 Å². The van der Waals surface area contributed by atoms with Gasteiger partial charge < -0.3 is 16.0 Å². The van der Waals surface area contributed by atoms with Gasteiger partial charge >= 0.3 is 0 Å². The average molecular weight is 464 g/mol. The van der Waals surface area contributed by atoms with Crippen LogP contribution in [0.5, 0.6) is 0 Å². The number of likely N-dealkylation sites (tertiary alicyclic amines) is 1. The van der Waals surface area contributed by atoms with Gasteiger partial charge in [0.2, 0.25) is 17.7 Å². The molecule has 1 aromatic carbocycles. The number of primary amides is 1. The maximum absolute atomic E-state index is 13.4. The van der Waals surface area contributed by atoms with Gasteiger partial charge in [-0.3, -0.25) is 14.4 Å². The van der Waals surface area contributed by atoms with Crippen LogP contribution in [0.1, 0.15) is 72.3 Å². The number of piperidine rings is 1. The molecule has 1 aromatic rings. The Bertz CT molecular complexity index is 833. The molecule has 178 valence electrons. The van der Waals surface area contributed by atoms with Crippen molar-refractivity contribution in [1.29, 1.82) is 0 Å². The smallest absolute Gasteiger partial charge is 0.245 e. The molecule has 0 spiro atoms. The van der Waals surface area contributed by atoms with Crippen LogP contribution in [0.25, 0.3) is 0 Å². The molecule has 0 bridgehead atoms. The number of amides is 3. The highest BCUT2D eigenvalue weighted by molar-refractivity contribution is 6.30. The highest BCUT2D eigenvalue weighted by atomic mass is 35.5. The normalized spacial score (nSPS) is 19.5. The van der Waals surface area contributed by atoms with Crippen molar-refractivity contribution in [1.82, 2.24) is 10.2 Å². The fraction of sp³-hybridized carbons (Fsp3) is 0.640. The zero-order valence-corrected chi connectivity index (χ0v) is 21.0. The second-order valence-electron chi connectivity index (χ2n) is 10.7. The van der Waals surface area contributed by atoms with E-state index in [1.54, 1.807) is 13.8 Å². The van der Waals surface area contributed by atoms with E-state index in [1.165, 1.54) is 5.56 Å². The molecule has 1 heterocycles. The first-order chi connectivity index (χ1) is 14.7. The van der Waals surface area contributed by atoms with E-state index in [0.717, 1.165) is 6.42 Å². The van der Waals surface area contributed by atoms with Crippen molar-refractivity contribution < 1.29 is 14.4 Å². The number of hydrogen-bond donors (Lipinski definition) is 2.